The molecule has 29 heteroatoms. The second kappa shape index (κ2) is 42.3. The highest BCUT2D eigenvalue weighted by Crippen LogP contribution is 2.45. The Morgan fingerprint density at radius 2 is 0.484 bits per heavy atom. The van der Waals surface area contributed by atoms with Gasteiger partial charge in [0.25, 0.3) is 35.4 Å². The van der Waals surface area contributed by atoms with E-state index in [1.807, 2.05) is 74.5 Å². The number of rotatable bonds is 18. The number of carbonyl (C=O) groups excluding carboxylic acids is 6. The summed E-state index contributed by atoms with van der Waals surface area (Å²) in [6.45, 7) is 3.91. The van der Waals surface area contributed by atoms with E-state index in [1.165, 1.54) is 36.4 Å². The molecule has 0 bridgehead atoms. The van der Waals surface area contributed by atoms with Crippen LogP contribution in [0.1, 0.15) is 95.6 Å². The molecule has 6 amide bonds. The first-order valence-corrected chi connectivity index (χ1v) is 39.4. The molecule has 15 aromatic carbocycles. The van der Waals surface area contributed by atoms with Gasteiger partial charge in [0.1, 0.15) is 34.1 Å². The lowest BCUT2D eigenvalue weighted by atomic mass is 10.00. The normalized spacial score (nSPS) is 10.8. The molecule has 15 aromatic rings. The van der Waals surface area contributed by atoms with Crippen LogP contribution >= 0.6 is 92.8 Å². The maximum absolute atomic E-state index is 13.3. The van der Waals surface area contributed by atoms with Crippen molar-refractivity contribution in [2.75, 3.05) is 31.9 Å². The fourth-order valence-corrected chi connectivity index (χ4v) is 13.2. The molecule has 0 aliphatic rings. The standard InChI is InChI=1S/C32H24Cl2N4O3.C30H18Cl4N4O3.C30H20Cl2N4O3.3CH4/c1-18-3-9-23(10-4-18)35-31(40)20-7-13-25-21(15-20)16-26(32(41)36-24-11-5-19(2)6-12-24)30(39)29(25)38-37-28-17-22(33)8-14-27(28)34;31-18-2-7-21(8-3-18)35-29(40)16-1-11-23-17(13-16)14-24(30(41)36-22-9-4-19(32)5-10-22)28(39)27(23)38-37-26-15-20(33)6-12-25(26)34;31-20-12-14-25(32)26(17-20)35-36-27-23-13-11-18(29(38)33-21-7-3-1-4-8-21)15-19(23)16-24(28(27)37)30(39)34-22-9-5-2-6-10-22;;;/h3-17,39H,1-2H3,(H,35,40)(H,36,41);1-15,39H,(H,35,40)(H,36,41);1-17,37H,(H,33,38)(H,34,39);3*1H4. The number of azo groups is 3. The van der Waals surface area contributed by atoms with Crippen LogP contribution in [0.3, 0.4) is 0 Å². The van der Waals surface area contributed by atoms with Gasteiger partial charge < -0.3 is 47.2 Å². The van der Waals surface area contributed by atoms with E-state index in [9.17, 15) is 44.1 Å². The first kappa shape index (κ1) is 92.7. The number of nitrogens with one attached hydrogen (secondary N) is 6. The third-order valence-electron chi connectivity index (χ3n) is 18.2. The van der Waals surface area contributed by atoms with Gasteiger partial charge >= 0.3 is 0 Å². The minimum Gasteiger partial charge on any atom is -0.505 e. The first-order valence-electron chi connectivity index (χ1n) is 36.4. The second-order valence-electron chi connectivity index (χ2n) is 26.8. The molecular weight excluding hydrogens is 1740 g/mol. The number of benzene rings is 15. The number of phenols is 3. The smallest absolute Gasteiger partial charge is 0.259 e. The highest BCUT2D eigenvalue weighted by molar-refractivity contribution is 6.37. The van der Waals surface area contributed by atoms with Gasteiger partial charge in [0.15, 0.2) is 17.2 Å². The highest BCUT2D eigenvalue weighted by Gasteiger charge is 2.25. The molecule has 0 spiro atoms. The average Bonchev–Trinajstić information content (AvgIpc) is 0.778. The molecule has 0 saturated carbocycles. The van der Waals surface area contributed by atoms with Crippen molar-refractivity contribution in [1.82, 2.24) is 0 Å². The van der Waals surface area contributed by atoms with Crippen molar-refractivity contribution < 1.29 is 44.1 Å². The van der Waals surface area contributed by atoms with Crippen LogP contribution in [0.15, 0.2) is 316 Å². The summed E-state index contributed by atoms with van der Waals surface area (Å²) < 4.78 is 0. The number of phenolic OH excluding ortho intramolecular Hbond substituents is 3. The quantitative estimate of drug-likeness (QED) is 0.0368. The Balaban J connectivity index is 0.000000192. The number of halogens is 8. The summed E-state index contributed by atoms with van der Waals surface area (Å²) in [5.74, 6) is -3.94. The molecule has 21 nitrogen and oxygen atoms in total. The maximum atomic E-state index is 13.3. The number of aromatic hydroxyl groups is 3. The van der Waals surface area contributed by atoms with E-state index in [-0.39, 0.29) is 102 Å². The van der Waals surface area contributed by atoms with Gasteiger partial charge in [0, 0.05) is 92.1 Å². The summed E-state index contributed by atoms with van der Waals surface area (Å²) in [7, 11) is 0. The predicted molar refractivity (Wildman–Crippen MR) is 505 cm³/mol. The molecule has 0 aliphatic heterocycles. The van der Waals surface area contributed by atoms with Crippen LogP contribution in [0.25, 0.3) is 32.3 Å². The molecule has 0 fully saturated rings. The van der Waals surface area contributed by atoms with E-state index in [2.05, 4.69) is 62.6 Å². The molecule has 0 heterocycles. The van der Waals surface area contributed by atoms with Gasteiger partial charge in [-0.05, 0) is 236 Å². The Kier molecular flexibility index (Phi) is 31.6. The number of hydrogen-bond acceptors (Lipinski definition) is 15. The number of carbonyl (C=O) groups is 6. The van der Waals surface area contributed by atoms with Crippen LogP contribution in [0.2, 0.25) is 40.2 Å². The lowest BCUT2D eigenvalue weighted by Gasteiger charge is -2.13. The second-order valence-corrected chi connectivity index (χ2v) is 30.2. The van der Waals surface area contributed by atoms with Crippen molar-refractivity contribution in [2.24, 2.45) is 30.7 Å². The number of anilines is 6. The van der Waals surface area contributed by atoms with E-state index in [4.69, 9.17) is 92.8 Å². The molecule has 15 rings (SSSR count). The van der Waals surface area contributed by atoms with E-state index in [1.54, 1.807) is 188 Å². The van der Waals surface area contributed by atoms with Gasteiger partial charge in [-0.1, -0.05) is 205 Å². The summed E-state index contributed by atoms with van der Waals surface area (Å²) in [4.78, 5) is 78.8. The van der Waals surface area contributed by atoms with Crippen molar-refractivity contribution in [1.29, 1.82) is 0 Å². The minimum absolute atomic E-state index is 0. The third-order valence-corrected chi connectivity index (χ3v) is 20.3. The average molecular weight is 1810 g/mol. The third kappa shape index (κ3) is 23.4. The fourth-order valence-electron chi connectivity index (χ4n) is 12.0. The van der Waals surface area contributed by atoms with Gasteiger partial charge in [0.2, 0.25) is 0 Å². The Morgan fingerprint density at radius 3 is 0.750 bits per heavy atom. The van der Waals surface area contributed by atoms with Crippen LogP contribution in [0.5, 0.6) is 17.2 Å². The Labute approximate surface area is 753 Å². The zero-order valence-corrected chi connectivity index (χ0v) is 69.2. The van der Waals surface area contributed by atoms with Crippen LogP contribution in [-0.4, -0.2) is 50.8 Å². The SMILES string of the molecule is C.C.C.Cc1ccc(NC(=O)c2ccc3c(N=Nc4cc(Cl)ccc4Cl)c(O)c(C(=O)Nc4ccc(C)cc4)cc3c2)cc1.O=C(Nc1ccc(Cl)cc1)c1ccc2c(N=Nc3cc(Cl)ccc3Cl)c(O)c(C(=O)Nc3ccc(Cl)cc3)cc2c1.O=C(Nc1ccccc1)c1ccc2c(N=Nc3cc(Cl)ccc3Cl)c(O)c(C(=O)Nc3ccccc3)cc2c1. The Bertz CT molecular complexity index is 6370. The number of fused-ring (bicyclic) bond motifs is 3. The molecule has 0 aromatic heterocycles. The monoisotopic (exact) mass is 1810 g/mol. The van der Waals surface area contributed by atoms with Crippen LogP contribution < -0.4 is 31.9 Å². The Morgan fingerprint density at radius 1 is 0.250 bits per heavy atom. The van der Waals surface area contributed by atoms with Crippen molar-refractivity contribution >= 4 is 229 Å². The lowest BCUT2D eigenvalue weighted by molar-refractivity contribution is 0.101. The number of hydrogen-bond donors (Lipinski definition) is 9. The summed E-state index contributed by atoms with van der Waals surface area (Å²) in [6.07, 6.45) is 0. The Hall–Kier alpha value is -13.6. The van der Waals surface area contributed by atoms with E-state index < -0.39 is 23.5 Å². The van der Waals surface area contributed by atoms with Gasteiger partial charge in [-0.25, -0.2) is 0 Å². The van der Waals surface area contributed by atoms with E-state index >= 15 is 0 Å². The van der Waals surface area contributed by atoms with Crippen molar-refractivity contribution in [3.05, 3.63) is 370 Å². The summed E-state index contributed by atoms with van der Waals surface area (Å²) >= 11 is 48.8. The highest BCUT2D eigenvalue weighted by atomic mass is 35.5. The maximum Gasteiger partial charge on any atom is 0.259 e. The van der Waals surface area contributed by atoms with Crippen molar-refractivity contribution in [2.45, 2.75) is 36.1 Å². The van der Waals surface area contributed by atoms with Crippen molar-refractivity contribution in [3.8, 4) is 17.2 Å². The van der Waals surface area contributed by atoms with Gasteiger partial charge in [-0.3, -0.25) is 28.8 Å². The number of nitrogens with zero attached hydrogens (tertiary/aromatic N) is 6. The van der Waals surface area contributed by atoms with Gasteiger partial charge in [-0.15, -0.1) is 30.7 Å². The zero-order chi connectivity index (χ0) is 85.5. The van der Waals surface area contributed by atoms with Crippen LogP contribution in [0.4, 0.5) is 68.2 Å². The summed E-state index contributed by atoms with van der Waals surface area (Å²) in [6, 6.07) is 79.0. The molecule has 0 saturated heterocycles. The molecule has 0 atom stereocenters. The largest absolute Gasteiger partial charge is 0.505 e. The van der Waals surface area contributed by atoms with Crippen molar-refractivity contribution in [3.63, 3.8) is 0 Å². The van der Waals surface area contributed by atoms with E-state index in [0.717, 1.165) is 11.1 Å². The summed E-state index contributed by atoms with van der Waals surface area (Å²) in [5, 5.41) is 81.7. The zero-order valence-electron chi connectivity index (χ0n) is 63.1. The molecular formula is C95H74Cl8N12O9. The number of aryl methyl sites for hydroxylation is 2. The minimum atomic E-state index is -0.611. The summed E-state index contributed by atoms with van der Waals surface area (Å²) in [5.41, 5.74) is 7.29. The number of amides is 6. The topological polar surface area (TPSA) is 309 Å². The van der Waals surface area contributed by atoms with Gasteiger partial charge in [-0.2, -0.15) is 0 Å². The molecule has 0 unspecified atom stereocenters. The van der Waals surface area contributed by atoms with Crippen LogP contribution in [-0.2, 0) is 0 Å². The fraction of sp³-hybridized carbons (Fsp3) is 0.0526. The van der Waals surface area contributed by atoms with Crippen LogP contribution in [0, 0.1) is 13.8 Å². The molecule has 124 heavy (non-hydrogen) atoms. The molecule has 624 valence electrons. The lowest BCUT2D eigenvalue weighted by Crippen LogP contribution is -2.13. The molecule has 0 radical (unpaired) electrons. The van der Waals surface area contributed by atoms with Gasteiger partial charge in [0.05, 0.1) is 31.8 Å². The molecule has 9 N–H and O–H groups in total. The predicted octanol–water partition coefficient (Wildman–Crippen LogP) is 30.1. The number of para-hydroxylation sites is 2. The molecule has 0 aliphatic carbocycles. The van der Waals surface area contributed by atoms with E-state index in [0.29, 0.717) is 123 Å². The first-order chi connectivity index (χ1) is 58.2.